The fourth-order valence-electron chi connectivity index (χ4n) is 1.64. The predicted molar refractivity (Wildman–Crippen MR) is 61.3 cm³/mol. The molecule has 16 heavy (non-hydrogen) atoms. The van der Waals surface area contributed by atoms with E-state index in [9.17, 15) is 4.79 Å². The number of amides is 1. The molecule has 0 aromatic heterocycles. The van der Waals surface area contributed by atoms with Crippen molar-refractivity contribution in [3.8, 4) is 11.5 Å². The number of anilines is 2. The highest BCUT2D eigenvalue weighted by atomic mass is 16.5. The van der Waals surface area contributed by atoms with Gasteiger partial charge in [-0.3, -0.25) is 4.79 Å². The number of carbonyl (C=O) groups is 1. The maximum Gasteiger partial charge on any atom is 0.246 e. The number of methoxy groups -OCH3 is 2. The van der Waals surface area contributed by atoms with E-state index >= 15 is 0 Å². The minimum atomic E-state index is -0.245. The van der Waals surface area contributed by atoms with Gasteiger partial charge in [-0.05, 0) is 6.92 Å². The Labute approximate surface area is 93.7 Å². The van der Waals surface area contributed by atoms with Crippen molar-refractivity contribution >= 4 is 17.3 Å². The molecule has 2 rings (SSSR count). The van der Waals surface area contributed by atoms with Crippen LogP contribution in [0.2, 0.25) is 0 Å². The number of nitrogens with one attached hydrogen (secondary N) is 2. The van der Waals surface area contributed by atoms with Crippen LogP contribution in [-0.2, 0) is 4.79 Å². The van der Waals surface area contributed by atoms with Gasteiger partial charge in [-0.2, -0.15) is 0 Å². The monoisotopic (exact) mass is 222 g/mol. The van der Waals surface area contributed by atoms with Gasteiger partial charge >= 0.3 is 0 Å². The zero-order valence-corrected chi connectivity index (χ0v) is 9.46. The molecule has 1 aliphatic rings. The molecule has 1 unspecified atom stereocenters. The molecular weight excluding hydrogens is 208 g/mol. The Morgan fingerprint density at radius 1 is 1.12 bits per heavy atom. The molecule has 0 spiro atoms. The lowest BCUT2D eigenvalue weighted by atomic mass is 10.1. The van der Waals surface area contributed by atoms with E-state index in [0.717, 1.165) is 5.69 Å². The van der Waals surface area contributed by atoms with E-state index in [1.165, 1.54) is 0 Å². The fraction of sp³-hybridized carbons (Fsp3) is 0.364. The van der Waals surface area contributed by atoms with Crippen LogP contribution in [-0.4, -0.2) is 26.2 Å². The first-order valence-corrected chi connectivity index (χ1v) is 4.99. The number of carbonyl (C=O) groups excluding carboxylic acids is 1. The van der Waals surface area contributed by atoms with Crippen LogP contribution in [0.4, 0.5) is 11.4 Å². The second-order valence-electron chi connectivity index (χ2n) is 3.61. The topological polar surface area (TPSA) is 59.6 Å². The van der Waals surface area contributed by atoms with Gasteiger partial charge in [0, 0.05) is 12.1 Å². The zero-order chi connectivity index (χ0) is 11.7. The third-order valence-corrected chi connectivity index (χ3v) is 2.55. The molecule has 5 heteroatoms. The summed E-state index contributed by atoms with van der Waals surface area (Å²) in [6.07, 6.45) is 0. The van der Waals surface area contributed by atoms with Crippen LogP contribution in [0.1, 0.15) is 6.92 Å². The average molecular weight is 222 g/mol. The Bertz CT molecular complexity index is 431. The summed E-state index contributed by atoms with van der Waals surface area (Å²) in [4.78, 5) is 11.5. The molecule has 86 valence electrons. The highest BCUT2D eigenvalue weighted by molar-refractivity contribution is 6.03. The lowest BCUT2D eigenvalue weighted by molar-refractivity contribution is -0.116. The quantitative estimate of drug-likeness (QED) is 0.795. The molecule has 5 nitrogen and oxygen atoms in total. The normalized spacial score (nSPS) is 18.2. The Hall–Kier alpha value is -1.91. The van der Waals surface area contributed by atoms with Gasteiger partial charge in [0.1, 0.15) is 6.04 Å². The third kappa shape index (κ3) is 1.64. The summed E-state index contributed by atoms with van der Waals surface area (Å²) in [6.45, 7) is 1.80. The molecule has 2 N–H and O–H groups in total. The largest absolute Gasteiger partial charge is 0.493 e. The lowest BCUT2D eigenvalue weighted by Crippen LogP contribution is -2.36. The zero-order valence-electron chi connectivity index (χ0n) is 9.46. The maximum absolute atomic E-state index is 11.5. The van der Waals surface area contributed by atoms with Crippen LogP contribution >= 0.6 is 0 Å². The summed E-state index contributed by atoms with van der Waals surface area (Å²) >= 11 is 0. The van der Waals surface area contributed by atoms with E-state index in [1.807, 2.05) is 6.07 Å². The van der Waals surface area contributed by atoms with Crippen molar-refractivity contribution in [1.29, 1.82) is 0 Å². The Morgan fingerprint density at radius 2 is 1.69 bits per heavy atom. The van der Waals surface area contributed by atoms with E-state index in [0.29, 0.717) is 17.2 Å². The molecule has 0 saturated heterocycles. The third-order valence-electron chi connectivity index (χ3n) is 2.55. The van der Waals surface area contributed by atoms with Crippen LogP contribution in [0.25, 0.3) is 0 Å². The number of rotatable bonds is 2. The average Bonchev–Trinajstić information content (AvgIpc) is 2.29. The smallest absolute Gasteiger partial charge is 0.246 e. The standard InChI is InChI=1S/C11H14N2O3/c1-6-11(14)13-8-5-10(16-3)9(15-2)4-7(8)12-6/h4-6,12H,1-3H3,(H,13,14). The minimum absolute atomic E-state index is 0.0558. The van der Waals surface area contributed by atoms with E-state index in [2.05, 4.69) is 10.6 Å². The highest BCUT2D eigenvalue weighted by Gasteiger charge is 2.23. The molecular formula is C11H14N2O3. The van der Waals surface area contributed by atoms with Gasteiger partial charge in [0.25, 0.3) is 0 Å². The van der Waals surface area contributed by atoms with Crippen LogP contribution in [0.15, 0.2) is 12.1 Å². The number of fused-ring (bicyclic) bond motifs is 1. The van der Waals surface area contributed by atoms with Crippen molar-refractivity contribution in [3.05, 3.63) is 12.1 Å². The number of benzene rings is 1. The first-order valence-electron chi connectivity index (χ1n) is 4.99. The molecule has 0 radical (unpaired) electrons. The molecule has 0 bridgehead atoms. The van der Waals surface area contributed by atoms with Crippen molar-refractivity contribution in [3.63, 3.8) is 0 Å². The molecule has 0 aliphatic carbocycles. The van der Waals surface area contributed by atoms with E-state index < -0.39 is 0 Å². The summed E-state index contributed by atoms with van der Waals surface area (Å²) in [5.41, 5.74) is 1.55. The van der Waals surface area contributed by atoms with E-state index in [-0.39, 0.29) is 11.9 Å². The molecule has 0 saturated carbocycles. The molecule has 1 amide bonds. The summed E-state index contributed by atoms with van der Waals surface area (Å²) in [7, 11) is 3.14. The van der Waals surface area contributed by atoms with Crippen molar-refractivity contribution in [2.75, 3.05) is 24.9 Å². The Morgan fingerprint density at radius 3 is 2.25 bits per heavy atom. The lowest BCUT2D eigenvalue weighted by Gasteiger charge is -2.25. The highest BCUT2D eigenvalue weighted by Crippen LogP contribution is 2.38. The molecule has 1 aromatic carbocycles. The number of hydrogen-bond acceptors (Lipinski definition) is 4. The second-order valence-corrected chi connectivity index (χ2v) is 3.61. The van der Waals surface area contributed by atoms with Crippen molar-refractivity contribution in [2.45, 2.75) is 13.0 Å². The summed E-state index contributed by atoms with van der Waals surface area (Å²) < 4.78 is 10.3. The summed E-state index contributed by atoms with van der Waals surface area (Å²) in [5, 5.41) is 5.89. The SMILES string of the molecule is COc1cc2c(cc1OC)NC(C)C(=O)N2. The maximum atomic E-state index is 11.5. The Balaban J connectivity index is 2.45. The van der Waals surface area contributed by atoms with Gasteiger partial charge in [0.15, 0.2) is 11.5 Å². The van der Waals surface area contributed by atoms with Crippen molar-refractivity contribution in [1.82, 2.24) is 0 Å². The minimum Gasteiger partial charge on any atom is -0.493 e. The summed E-state index contributed by atoms with van der Waals surface area (Å²) in [5.74, 6) is 1.18. The van der Waals surface area contributed by atoms with Gasteiger partial charge in [-0.25, -0.2) is 0 Å². The Kier molecular flexibility index (Phi) is 2.60. The number of hydrogen-bond donors (Lipinski definition) is 2. The van der Waals surface area contributed by atoms with Crippen molar-refractivity contribution in [2.24, 2.45) is 0 Å². The van der Waals surface area contributed by atoms with Gasteiger partial charge in [0.2, 0.25) is 5.91 Å². The second kappa shape index (κ2) is 3.92. The van der Waals surface area contributed by atoms with Gasteiger partial charge in [-0.1, -0.05) is 0 Å². The predicted octanol–water partition coefficient (Wildman–Crippen LogP) is 1.46. The van der Waals surface area contributed by atoms with E-state index in [4.69, 9.17) is 9.47 Å². The van der Waals surface area contributed by atoms with Gasteiger partial charge in [0.05, 0.1) is 25.6 Å². The molecule has 1 atom stereocenters. The van der Waals surface area contributed by atoms with Crippen molar-refractivity contribution < 1.29 is 14.3 Å². The van der Waals surface area contributed by atoms with E-state index in [1.54, 1.807) is 27.2 Å². The first-order chi connectivity index (χ1) is 7.65. The molecule has 0 fully saturated rings. The summed E-state index contributed by atoms with van der Waals surface area (Å²) in [6, 6.07) is 3.31. The van der Waals surface area contributed by atoms with Gasteiger partial charge in [-0.15, -0.1) is 0 Å². The van der Waals surface area contributed by atoms with Crippen LogP contribution in [0, 0.1) is 0 Å². The molecule has 1 heterocycles. The fourth-order valence-corrected chi connectivity index (χ4v) is 1.64. The molecule has 1 aliphatic heterocycles. The number of ether oxygens (including phenoxy) is 2. The first kappa shape index (κ1) is 10.6. The van der Waals surface area contributed by atoms with Gasteiger partial charge < -0.3 is 20.1 Å². The van der Waals surface area contributed by atoms with Crippen LogP contribution in [0.3, 0.4) is 0 Å². The van der Waals surface area contributed by atoms with Crippen LogP contribution in [0.5, 0.6) is 11.5 Å². The van der Waals surface area contributed by atoms with Crippen LogP contribution < -0.4 is 20.1 Å². The molecule has 1 aromatic rings.